The Bertz CT molecular complexity index is 997. The summed E-state index contributed by atoms with van der Waals surface area (Å²) in [7, 11) is 0. The Morgan fingerprint density at radius 1 is 1.33 bits per heavy atom. The molecule has 0 N–H and O–H groups in total. The number of furan rings is 1. The molecule has 4 aromatic rings. The van der Waals surface area contributed by atoms with Gasteiger partial charge in [0.2, 0.25) is 0 Å². The summed E-state index contributed by atoms with van der Waals surface area (Å²) in [5, 5.41) is 4.65. The van der Waals surface area contributed by atoms with Crippen molar-refractivity contribution in [1.82, 2.24) is 24.1 Å². The standard InChI is InChI=1S/C14H11N5O2/c1-9-12-11(19-14(17-9)15-8-16-19)4-5-18(13(12)20)7-10-3-2-6-21-10/h2-6,8H,7H2,1H3. The van der Waals surface area contributed by atoms with E-state index in [1.807, 2.05) is 12.1 Å². The van der Waals surface area contributed by atoms with Crippen LogP contribution in [0.3, 0.4) is 0 Å². The fraction of sp³-hybridized carbons (Fsp3) is 0.143. The Morgan fingerprint density at radius 2 is 2.24 bits per heavy atom. The fourth-order valence-corrected chi connectivity index (χ4v) is 2.46. The van der Waals surface area contributed by atoms with Gasteiger partial charge in [0.05, 0.1) is 29.4 Å². The molecule has 0 saturated carbocycles. The van der Waals surface area contributed by atoms with E-state index in [0.717, 1.165) is 5.76 Å². The molecule has 0 aromatic carbocycles. The number of pyridine rings is 1. The predicted molar refractivity (Wildman–Crippen MR) is 75.1 cm³/mol. The molecular weight excluding hydrogens is 270 g/mol. The van der Waals surface area contributed by atoms with Crippen LogP contribution in [-0.4, -0.2) is 24.1 Å². The normalized spacial score (nSPS) is 11.5. The van der Waals surface area contributed by atoms with Crippen molar-refractivity contribution in [3.8, 4) is 0 Å². The molecule has 0 aliphatic rings. The summed E-state index contributed by atoms with van der Waals surface area (Å²) in [6, 6.07) is 5.48. The number of hydrogen-bond acceptors (Lipinski definition) is 5. The van der Waals surface area contributed by atoms with Crippen LogP contribution < -0.4 is 5.56 Å². The maximum atomic E-state index is 12.7. The largest absolute Gasteiger partial charge is 0.467 e. The molecule has 0 aliphatic heterocycles. The van der Waals surface area contributed by atoms with Gasteiger partial charge < -0.3 is 8.98 Å². The summed E-state index contributed by atoms with van der Waals surface area (Å²) in [6.07, 6.45) is 4.75. The van der Waals surface area contributed by atoms with Crippen LogP contribution in [0.5, 0.6) is 0 Å². The van der Waals surface area contributed by atoms with Crippen molar-refractivity contribution in [3.63, 3.8) is 0 Å². The molecule has 4 rings (SSSR count). The molecule has 4 aromatic heterocycles. The van der Waals surface area contributed by atoms with E-state index in [4.69, 9.17) is 4.42 Å². The number of aryl methyl sites for hydroxylation is 1. The topological polar surface area (TPSA) is 78.2 Å². The molecule has 0 radical (unpaired) electrons. The van der Waals surface area contributed by atoms with E-state index in [0.29, 0.717) is 28.9 Å². The van der Waals surface area contributed by atoms with E-state index in [1.54, 1.807) is 34.5 Å². The van der Waals surface area contributed by atoms with Gasteiger partial charge in [-0.25, -0.2) is 4.98 Å². The molecular formula is C14H11N5O2. The van der Waals surface area contributed by atoms with Crippen LogP contribution in [0.4, 0.5) is 0 Å². The summed E-state index contributed by atoms with van der Waals surface area (Å²) in [4.78, 5) is 21.0. The van der Waals surface area contributed by atoms with Crippen molar-refractivity contribution in [2.45, 2.75) is 13.5 Å². The maximum absolute atomic E-state index is 12.7. The second kappa shape index (κ2) is 4.27. The lowest BCUT2D eigenvalue weighted by molar-refractivity contribution is 0.490. The SMILES string of the molecule is Cc1nc2ncnn2c2ccn(Cc3ccco3)c(=O)c12. The average Bonchev–Trinajstić information content (AvgIpc) is 3.12. The molecule has 0 aliphatic carbocycles. The summed E-state index contributed by atoms with van der Waals surface area (Å²) in [5.41, 5.74) is 1.23. The van der Waals surface area contributed by atoms with Gasteiger partial charge >= 0.3 is 0 Å². The Morgan fingerprint density at radius 3 is 3.05 bits per heavy atom. The van der Waals surface area contributed by atoms with Gasteiger partial charge in [0, 0.05) is 6.20 Å². The minimum atomic E-state index is -0.119. The maximum Gasteiger partial charge on any atom is 0.262 e. The smallest absolute Gasteiger partial charge is 0.262 e. The Balaban J connectivity index is 2.00. The van der Waals surface area contributed by atoms with Crippen molar-refractivity contribution in [2.24, 2.45) is 0 Å². The first-order chi connectivity index (χ1) is 10.2. The number of rotatable bonds is 2. The second-order valence-corrected chi connectivity index (χ2v) is 4.76. The zero-order valence-electron chi connectivity index (χ0n) is 11.2. The van der Waals surface area contributed by atoms with Crippen LogP contribution in [0.1, 0.15) is 11.5 Å². The molecule has 104 valence electrons. The monoisotopic (exact) mass is 281 g/mol. The van der Waals surface area contributed by atoms with Crippen LogP contribution in [0.2, 0.25) is 0 Å². The predicted octanol–water partition coefficient (Wildman–Crippen LogP) is 1.39. The van der Waals surface area contributed by atoms with E-state index in [-0.39, 0.29) is 5.56 Å². The van der Waals surface area contributed by atoms with E-state index in [1.165, 1.54) is 6.33 Å². The van der Waals surface area contributed by atoms with Crippen LogP contribution in [0.15, 0.2) is 46.2 Å². The zero-order valence-corrected chi connectivity index (χ0v) is 11.2. The molecule has 0 saturated heterocycles. The third kappa shape index (κ3) is 1.74. The third-order valence-electron chi connectivity index (χ3n) is 3.44. The first-order valence-corrected chi connectivity index (χ1v) is 6.46. The first-order valence-electron chi connectivity index (χ1n) is 6.46. The van der Waals surface area contributed by atoms with Gasteiger partial charge in [0.25, 0.3) is 11.3 Å². The number of nitrogens with zero attached hydrogens (tertiary/aromatic N) is 5. The van der Waals surface area contributed by atoms with Crippen molar-refractivity contribution in [1.29, 1.82) is 0 Å². The van der Waals surface area contributed by atoms with Crippen LogP contribution in [-0.2, 0) is 6.54 Å². The number of aromatic nitrogens is 5. The molecule has 0 unspecified atom stereocenters. The van der Waals surface area contributed by atoms with Gasteiger partial charge in [-0.3, -0.25) is 4.79 Å². The van der Waals surface area contributed by atoms with Gasteiger partial charge in [0.1, 0.15) is 12.1 Å². The highest BCUT2D eigenvalue weighted by Gasteiger charge is 2.12. The van der Waals surface area contributed by atoms with Crippen LogP contribution in [0, 0.1) is 6.92 Å². The minimum absolute atomic E-state index is 0.119. The molecule has 7 heteroatoms. The summed E-state index contributed by atoms with van der Waals surface area (Å²) >= 11 is 0. The first kappa shape index (κ1) is 11.8. The van der Waals surface area contributed by atoms with Crippen molar-refractivity contribution in [3.05, 3.63) is 58.8 Å². The van der Waals surface area contributed by atoms with E-state index in [9.17, 15) is 4.79 Å². The number of hydrogen-bond donors (Lipinski definition) is 0. The highest BCUT2D eigenvalue weighted by molar-refractivity contribution is 5.81. The molecule has 21 heavy (non-hydrogen) atoms. The van der Waals surface area contributed by atoms with Gasteiger partial charge in [0.15, 0.2) is 0 Å². The molecule has 0 bridgehead atoms. The molecule has 0 spiro atoms. The highest BCUT2D eigenvalue weighted by atomic mass is 16.3. The van der Waals surface area contributed by atoms with Crippen molar-refractivity contribution in [2.75, 3.05) is 0 Å². The highest BCUT2D eigenvalue weighted by Crippen LogP contribution is 2.14. The zero-order chi connectivity index (χ0) is 14.4. The van der Waals surface area contributed by atoms with Crippen LogP contribution in [0.25, 0.3) is 16.7 Å². The van der Waals surface area contributed by atoms with Gasteiger partial charge in [-0.15, -0.1) is 0 Å². The average molecular weight is 281 g/mol. The fourth-order valence-electron chi connectivity index (χ4n) is 2.46. The quantitative estimate of drug-likeness (QED) is 0.555. The van der Waals surface area contributed by atoms with Crippen LogP contribution >= 0.6 is 0 Å². The van der Waals surface area contributed by atoms with Crippen molar-refractivity contribution < 1.29 is 4.42 Å². The second-order valence-electron chi connectivity index (χ2n) is 4.76. The molecule has 4 heterocycles. The summed E-state index contributed by atoms with van der Waals surface area (Å²) < 4.78 is 8.46. The summed E-state index contributed by atoms with van der Waals surface area (Å²) in [6.45, 7) is 2.19. The third-order valence-corrected chi connectivity index (χ3v) is 3.44. The molecule has 7 nitrogen and oxygen atoms in total. The number of fused-ring (bicyclic) bond motifs is 3. The lowest BCUT2D eigenvalue weighted by atomic mass is 10.2. The lowest BCUT2D eigenvalue weighted by Gasteiger charge is -2.07. The Hall–Kier alpha value is -2.96. The van der Waals surface area contributed by atoms with E-state index < -0.39 is 0 Å². The van der Waals surface area contributed by atoms with Crippen molar-refractivity contribution >= 4 is 16.7 Å². The Kier molecular flexibility index (Phi) is 2.41. The molecule has 0 atom stereocenters. The molecule has 0 fully saturated rings. The Labute approximate surface area is 118 Å². The molecule has 0 amide bonds. The van der Waals surface area contributed by atoms with E-state index >= 15 is 0 Å². The lowest BCUT2D eigenvalue weighted by Crippen LogP contribution is -2.22. The van der Waals surface area contributed by atoms with Gasteiger partial charge in [-0.1, -0.05) is 0 Å². The van der Waals surface area contributed by atoms with Gasteiger partial charge in [-0.05, 0) is 25.1 Å². The van der Waals surface area contributed by atoms with E-state index in [2.05, 4.69) is 15.1 Å². The summed E-state index contributed by atoms with van der Waals surface area (Å²) in [5.74, 6) is 1.21. The minimum Gasteiger partial charge on any atom is -0.467 e. The van der Waals surface area contributed by atoms with Gasteiger partial charge in [-0.2, -0.15) is 14.6 Å².